The molecule has 1 aliphatic heterocycles. The van der Waals surface area contributed by atoms with Crippen molar-refractivity contribution >= 4 is 34.5 Å². The summed E-state index contributed by atoms with van der Waals surface area (Å²) in [6.07, 6.45) is 0. The summed E-state index contributed by atoms with van der Waals surface area (Å²) in [6, 6.07) is 9.70. The number of nitrogens with one attached hydrogen (secondary N) is 1. The van der Waals surface area contributed by atoms with Gasteiger partial charge in [-0.15, -0.1) is 0 Å². The highest BCUT2D eigenvalue weighted by Crippen LogP contribution is 2.48. The Bertz CT molecular complexity index is 643. The molecule has 0 unspecified atom stereocenters. The normalized spacial score (nSPS) is 12.3. The van der Waals surface area contributed by atoms with E-state index in [1.54, 1.807) is 17.8 Å². The summed E-state index contributed by atoms with van der Waals surface area (Å²) in [5, 5.41) is 3.35. The summed E-state index contributed by atoms with van der Waals surface area (Å²) < 4.78 is 5.51. The van der Waals surface area contributed by atoms with Crippen LogP contribution in [0, 0.1) is 0 Å². The molecule has 0 amide bonds. The molecule has 0 saturated carbocycles. The molecular weight excluding hydrogens is 258 g/mol. The second-order valence-corrected chi connectivity index (χ2v) is 5.39. The van der Waals surface area contributed by atoms with Gasteiger partial charge in [-0.3, -0.25) is 0 Å². The van der Waals surface area contributed by atoms with Crippen molar-refractivity contribution in [3.05, 3.63) is 30.3 Å². The van der Waals surface area contributed by atoms with Crippen LogP contribution in [-0.2, 0) is 0 Å². The smallest absolute Gasteiger partial charge is 0.121 e. The lowest BCUT2D eigenvalue weighted by Crippen LogP contribution is -2.05. The lowest BCUT2D eigenvalue weighted by Gasteiger charge is -2.23. The van der Waals surface area contributed by atoms with Crippen molar-refractivity contribution in [2.24, 2.45) is 0 Å². The van der Waals surface area contributed by atoms with Crippen LogP contribution in [0.3, 0.4) is 0 Å². The van der Waals surface area contributed by atoms with E-state index in [0.29, 0.717) is 18.0 Å². The van der Waals surface area contributed by atoms with Gasteiger partial charge in [-0.25, -0.2) is 0 Å². The third-order valence-electron chi connectivity index (χ3n) is 2.90. The Kier molecular flexibility index (Phi) is 2.91. The number of ether oxygens (including phenoxy) is 1. The molecule has 5 N–H and O–H groups in total. The van der Waals surface area contributed by atoms with Gasteiger partial charge in [0.1, 0.15) is 5.75 Å². The van der Waals surface area contributed by atoms with Gasteiger partial charge in [0.05, 0.1) is 23.7 Å². The van der Waals surface area contributed by atoms with Crippen molar-refractivity contribution in [3.8, 4) is 5.75 Å². The van der Waals surface area contributed by atoms with Crippen molar-refractivity contribution in [2.45, 2.75) is 16.7 Å². The van der Waals surface area contributed by atoms with E-state index in [2.05, 4.69) is 5.32 Å². The molecule has 0 atom stereocenters. The van der Waals surface area contributed by atoms with Crippen LogP contribution in [0.15, 0.2) is 40.1 Å². The Labute approximate surface area is 116 Å². The van der Waals surface area contributed by atoms with E-state index in [9.17, 15) is 0 Å². The zero-order chi connectivity index (χ0) is 13.4. The van der Waals surface area contributed by atoms with Gasteiger partial charge >= 0.3 is 0 Å². The molecule has 1 heterocycles. The monoisotopic (exact) mass is 273 g/mol. The maximum Gasteiger partial charge on any atom is 0.121 e. The molecule has 1 aliphatic rings. The van der Waals surface area contributed by atoms with Crippen molar-refractivity contribution in [2.75, 3.05) is 23.4 Å². The van der Waals surface area contributed by atoms with Crippen LogP contribution >= 0.6 is 11.8 Å². The van der Waals surface area contributed by atoms with E-state index in [1.807, 2.05) is 31.2 Å². The van der Waals surface area contributed by atoms with Gasteiger partial charge in [-0.2, -0.15) is 0 Å². The third kappa shape index (κ3) is 2.17. The fourth-order valence-corrected chi connectivity index (χ4v) is 3.14. The van der Waals surface area contributed by atoms with E-state index in [1.165, 1.54) is 0 Å². The molecular formula is C14H15N3OS. The maximum atomic E-state index is 6.01. The predicted molar refractivity (Wildman–Crippen MR) is 80.3 cm³/mol. The van der Waals surface area contributed by atoms with Crippen molar-refractivity contribution in [1.82, 2.24) is 0 Å². The van der Waals surface area contributed by atoms with Gasteiger partial charge in [-0.1, -0.05) is 11.8 Å². The average molecular weight is 273 g/mol. The highest BCUT2D eigenvalue weighted by atomic mass is 32.2. The zero-order valence-electron chi connectivity index (χ0n) is 10.6. The average Bonchev–Trinajstić information content (AvgIpc) is 2.37. The van der Waals surface area contributed by atoms with E-state index in [0.717, 1.165) is 26.9 Å². The van der Waals surface area contributed by atoms with Crippen LogP contribution in [0.4, 0.5) is 22.7 Å². The first-order chi connectivity index (χ1) is 9.17. The topological polar surface area (TPSA) is 73.3 Å². The summed E-state index contributed by atoms with van der Waals surface area (Å²) in [5.41, 5.74) is 15.1. The number of anilines is 4. The molecule has 0 bridgehead atoms. The quantitative estimate of drug-likeness (QED) is 0.624. The highest BCUT2D eigenvalue weighted by molar-refractivity contribution is 7.99. The van der Waals surface area contributed by atoms with Gasteiger partial charge in [0, 0.05) is 21.5 Å². The molecule has 2 aromatic rings. The number of nitrogens with two attached hydrogens (primary N) is 2. The van der Waals surface area contributed by atoms with E-state index in [4.69, 9.17) is 16.2 Å². The molecule has 0 aliphatic carbocycles. The molecule has 0 radical (unpaired) electrons. The van der Waals surface area contributed by atoms with Crippen LogP contribution < -0.4 is 21.5 Å². The molecule has 5 heteroatoms. The van der Waals surface area contributed by atoms with Crippen LogP contribution in [-0.4, -0.2) is 6.61 Å². The number of nitrogen functional groups attached to an aromatic ring is 2. The molecule has 0 saturated heterocycles. The Morgan fingerprint density at radius 1 is 1.16 bits per heavy atom. The predicted octanol–water partition coefficient (Wildman–Crippen LogP) is 3.46. The highest BCUT2D eigenvalue weighted by Gasteiger charge is 2.18. The number of hydrogen-bond donors (Lipinski definition) is 3. The Balaban J connectivity index is 2.02. The van der Waals surface area contributed by atoms with Gasteiger partial charge in [0.15, 0.2) is 0 Å². The fourth-order valence-electron chi connectivity index (χ4n) is 2.08. The SMILES string of the molecule is CCOc1ccc2c(c1)Nc1c(N)cc(N)cc1S2. The minimum absolute atomic E-state index is 0.654. The molecule has 0 fully saturated rings. The van der Waals surface area contributed by atoms with Gasteiger partial charge in [0.2, 0.25) is 0 Å². The van der Waals surface area contributed by atoms with E-state index in [-0.39, 0.29) is 0 Å². The van der Waals surface area contributed by atoms with Crippen LogP contribution in [0.5, 0.6) is 5.75 Å². The molecule has 0 spiro atoms. The van der Waals surface area contributed by atoms with Crippen molar-refractivity contribution in [1.29, 1.82) is 0 Å². The third-order valence-corrected chi connectivity index (χ3v) is 4.01. The first-order valence-electron chi connectivity index (χ1n) is 6.08. The molecule has 19 heavy (non-hydrogen) atoms. The Hall–Kier alpha value is -2.01. The number of hydrogen-bond acceptors (Lipinski definition) is 5. The minimum atomic E-state index is 0.654. The molecule has 2 aromatic carbocycles. The molecule has 3 rings (SSSR count). The first-order valence-corrected chi connectivity index (χ1v) is 6.89. The summed E-state index contributed by atoms with van der Waals surface area (Å²) in [6.45, 7) is 2.62. The minimum Gasteiger partial charge on any atom is -0.494 e. The summed E-state index contributed by atoms with van der Waals surface area (Å²) in [5.74, 6) is 0.854. The lowest BCUT2D eigenvalue weighted by atomic mass is 10.2. The largest absolute Gasteiger partial charge is 0.494 e. The molecule has 0 aromatic heterocycles. The molecule has 98 valence electrons. The standard InChI is InChI=1S/C14H15N3OS/c1-2-18-9-3-4-12-11(7-9)17-14-10(16)5-8(15)6-13(14)19-12/h3-7,17H,2,15-16H2,1H3. The van der Waals surface area contributed by atoms with Crippen LogP contribution in [0.1, 0.15) is 6.92 Å². The van der Waals surface area contributed by atoms with E-state index < -0.39 is 0 Å². The summed E-state index contributed by atoms with van der Waals surface area (Å²) in [7, 11) is 0. The van der Waals surface area contributed by atoms with Gasteiger partial charge in [0.25, 0.3) is 0 Å². The lowest BCUT2D eigenvalue weighted by molar-refractivity contribution is 0.340. The summed E-state index contributed by atoms with van der Waals surface area (Å²) >= 11 is 1.66. The molecule has 4 nitrogen and oxygen atoms in total. The second-order valence-electron chi connectivity index (χ2n) is 4.30. The number of benzene rings is 2. The maximum absolute atomic E-state index is 6.01. The van der Waals surface area contributed by atoms with Crippen molar-refractivity contribution < 1.29 is 4.74 Å². The van der Waals surface area contributed by atoms with Crippen LogP contribution in [0.2, 0.25) is 0 Å². The van der Waals surface area contributed by atoms with Gasteiger partial charge < -0.3 is 21.5 Å². The summed E-state index contributed by atoms with van der Waals surface area (Å²) in [4.78, 5) is 2.19. The van der Waals surface area contributed by atoms with Crippen LogP contribution in [0.25, 0.3) is 0 Å². The zero-order valence-corrected chi connectivity index (χ0v) is 11.4. The van der Waals surface area contributed by atoms with E-state index >= 15 is 0 Å². The van der Waals surface area contributed by atoms with Crippen molar-refractivity contribution in [3.63, 3.8) is 0 Å². The second kappa shape index (κ2) is 4.59. The van der Waals surface area contributed by atoms with Gasteiger partial charge in [-0.05, 0) is 31.2 Å². The fraction of sp³-hybridized carbons (Fsp3) is 0.143. The Morgan fingerprint density at radius 2 is 2.00 bits per heavy atom. The first kappa shape index (κ1) is 12.0. The number of rotatable bonds is 2. The Morgan fingerprint density at radius 3 is 2.79 bits per heavy atom. The number of fused-ring (bicyclic) bond motifs is 2.